The van der Waals surface area contributed by atoms with Crippen LogP contribution in [0.1, 0.15) is 79.0 Å². The van der Waals surface area contributed by atoms with Gasteiger partial charge in [0, 0.05) is 5.16 Å². The summed E-state index contributed by atoms with van der Waals surface area (Å²) in [5.41, 5.74) is 0.368. The molecule has 0 bridgehead atoms. The van der Waals surface area contributed by atoms with Gasteiger partial charge in [0.05, 0.1) is 13.2 Å². The molecule has 1 aromatic heterocycles. The Morgan fingerprint density at radius 2 is 1.05 bits per heavy atom. The van der Waals surface area contributed by atoms with Crippen LogP contribution in [-0.2, 0) is 47.4 Å². The third kappa shape index (κ3) is 4.48. The molecule has 40 heavy (non-hydrogen) atoms. The van der Waals surface area contributed by atoms with Gasteiger partial charge < -0.3 is 52.6 Å². The molecule has 0 radical (unpaired) electrons. The summed E-state index contributed by atoms with van der Waals surface area (Å²) in [4.78, 5) is 0.342. The first-order chi connectivity index (χ1) is 18.6. The second-order valence-corrected chi connectivity index (χ2v) is 13.1. The summed E-state index contributed by atoms with van der Waals surface area (Å²) in [5, 5.41) is 17.3. The molecule has 0 amide bonds. The Balaban J connectivity index is 1.22. The quantitative estimate of drug-likeness (QED) is 0.483. The zero-order valence-corrected chi connectivity index (χ0v) is 24.0. The van der Waals surface area contributed by atoms with E-state index in [9.17, 15) is 5.21 Å². The highest BCUT2D eigenvalue weighted by atomic mass is 16.8. The van der Waals surface area contributed by atoms with Crippen LogP contribution in [0.5, 0.6) is 0 Å². The largest absolute Gasteiger partial charge is 0.359 e. The Morgan fingerprint density at radius 1 is 0.600 bits per heavy atom. The first-order valence-electron chi connectivity index (χ1n) is 13.9. The van der Waals surface area contributed by atoms with Crippen LogP contribution in [0.3, 0.4) is 0 Å². The molecule has 6 aliphatic rings. The number of aromatic nitrogens is 2. The summed E-state index contributed by atoms with van der Waals surface area (Å²) >= 11 is 0. The van der Waals surface area contributed by atoms with Gasteiger partial charge in [-0.2, -0.15) is 0 Å². The molecule has 6 aliphatic heterocycles. The van der Waals surface area contributed by atoms with Crippen molar-refractivity contribution in [2.45, 2.75) is 140 Å². The molecule has 6 fully saturated rings. The van der Waals surface area contributed by atoms with Crippen LogP contribution in [-0.4, -0.2) is 90.4 Å². The highest BCUT2D eigenvalue weighted by molar-refractivity contribution is 5.21. The van der Waals surface area contributed by atoms with Gasteiger partial charge in [0.2, 0.25) is 5.69 Å². The van der Waals surface area contributed by atoms with Crippen molar-refractivity contribution in [3.05, 3.63) is 16.6 Å². The second kappa shape index (κ2) is 8.78. The van der Waals surface area contributed by atoms with Crippen molar-refractivity contribution in [1.82, 2.24) is 5.16 Å². The van der Waals surface area contributed by atoms with Gasteiger partial charge in [-0.1, -0.05) is 0 Å². The molecule has 10 atom stereocenters. The van der Waals surface area contributed by atoms with Crippen molar-refractivity contribution in [2.75, 3.05) is 13.2 Å². The van der Waals surface area contributed by atoms with Crippen molar-refractivity contribution in [1.29, 1.82) is 0 Å². The summed E-state index contributed by atoms with van der Waals surface area (Å²) in [5.74, 6) is -3.33. The molecule has 14 heteroatoms. The molecule has 14 nitrogen and oxygen atoms in total. The predicted molar refractivity (Wildman–Crippen MR) is 128 cm³/mol. The molecule has 0 N–H and O–H groups in total. The minimum Gasteiger partial charge on any atom is -0.359 e. The average molecular weight is 571 g/mol. The normalized spacial score (nSPS) is 46.2. The van der Waals surface area contributed by atoms with E-state index in [0.717, 1.165) is 0 Å². The maximum atomic E-state index is 13.2. The Hall–Kier alpha value is -1.46. The molecule has 0 aromatic carbocycles. The minimum absolute atomic E-state index is 0.124. The molecule has 6 saturated heterocycles. The van der Waals surface area contributed by atoms with Crippen molar-refractivity contribution >= 4 is 0 Å². The number of hydrogen-bond acceptors (Lipinski definition) is 13. The number of hydrogen-bond donors (Lipinski definition) is 0. The van der Waals surface area contributed by atoms with E-state index in [4.69, 9.17) is 52.0 Å². The number of fused-ring (bicyclic) bond motifs is 2. The van der Waals surface area contributed by atoms with Crippen LogP contribution in [0.2, 0.25) is 0 Å². The standard InChI is InChI=1S/C26H38N2O12/c1-23(2)30-9-11(34-23)15-19-21(38-25(5,6)36-19)17(32-15)13-14(28(29)40-27-13)18-22-20(37-26(7,8)39-22)16(33-18)12-10-31-24(3,4)35-12/h11-12,15-22H,9-10H2,1-8H3/t11-,12-,15-,16-,17+,18+,19+,20+,21-,22-/m1/s1. The highest BCUT2D eigenvalue weighted by Crippen LogP contribution is 2.51. The SMILES string of the molecule is CC1(C)O[C@H]2[C@@H]([C@H]3COC(C)(C)O3)O[C@@H](c3no[n+]([O-])c3[C@@H]3O[C@H]([C@H]4COC(C)(C)O4)[C@@H]4OC(C)(C)O[C@@H]43)[C@H]2O1. The molecule has 0 unspecified atom stereocenters. The molecule has 0 aliphatic carbocycles. The topological polar surface area (TPSA) is 145 Å². The molecule has 224 valence electrons. The Kier molecular flexibility index (Phi) is 6.01. The van der Waals surface area contributed by atoms with Gasteiger partial charge in [-0.25, -0.2) is 0 Å². The number of nitrogens with zero attached hydrogens (tertiary/aromatic N) is 2. The Bertz CT molecular complexity index is 1150. The van der Waals surface area contributed by atoms with Crippen molar-refractivity contribution in [3.63, 3.8) is 0 Å². The summed E-state index contributed by atoms with van der Waals surface area (Å²) in [6.45, 7) is 15.3. The Labute approximate surface area is 231 Å². The molecule has 0 saturated carbocycles. The molecular weight excluding hydrogens is 532 g/mol. The predicted octanol–water partition coefficient (Wildman–Crippen LogP) is 1.53. The van der Waals surface area contributed by atoms with Crippen LogP contribution in [0.15, 0.2) is 4.63 Å². The molecular formula is C26H38N2O12. The van der Waals surface area contributed by atoms with Crippen molar-refractivity contribution in [2.24, 2.45) is 0 Å². The van der Waals surface area contributed by atoms with E-state index in [1.165, 1.54) is 0 Å². The van der Waals surface area contributed by atoms with Gasteiger partial charge in [-0.05, 0) is 60.3 Å². The highest BCUT2D eigenvalue weighted by Gasteiger charge is 2.65. The lowest BCUT2D eigenvalue weighted by molar-refractivity contribution is -0.810. The lowest BCUT2D eigenvalue weighted by Crippen LogP contribution is -2.40. The third-order valence-electron chi connectivity index (χ3n) is 8.18. The summed E-state index contributed by atoms with van der Waals surface area (Å²) in [6.07, 6.45) is -5.88. The fourth-order valence-electron chi connectivity index (χ4n) is 6.76. The van der Waals surface area contributed by atoms with E-state index in [1.54, 1.807) is 0 Å². The summed E-state index contributed by atoms with van der Waals surface area (Å²) in [7, 11) is 0. The zero-order chi connectivity index (χ0) is 28.4. The van der Waals surface area contributed by atoms with Crippen molar-refractivity contribution < 1.29 is 56.9 Å². The Morgan fingerprint density at radius 3 is 1.52 bits per heavy atom. The fraction of sp³-hybridized carbons (Fsp3) is 0.923. The smallest absolute Gasteiger partial charge is 0.255 e. The van der Waals surface area contributed by atoms with E-state index in [-0.39, 0.29) is 11.4 Å². The number of rotatable bonds is 4. The van der Waals surface area contributed by atoms with E-state index < -0.39 is 84.2 Å². The van der Waals surface area contributed by atoms with Gasteiger partial charge in [-0.3, -0.25) is 4.63 Å². The van der Waals surface area contributed by atoms with Gasteiger partial charge in [0.1, 0.15) is 48.8 Å². The summed E-state index contributed by atoms with van der Waals surface area (Å²) in [6, 6.07) is 0. The lowest BCUT2D eigenvalue weighted by Gasteiger charge is -2.27. The van der Waals surface area contributed by atoms with Crippen LogP contribution in [0.4, 0.5) is 0 Å². The van der Waals surface area contributed by atoms with Gasteiger partial charge in [-0.15, -0.1) is 0 Å². The monoisotopic (exact) mass is 570 g/mol. The van der Waals surface area contributed by atoms with E-state index in [0.29, 0.717) is 18.1 Å². The molecule has 7 heterocycles. The lowest BCUT2D eigenvalue weighted by atomic mass is 9.98. The zero-order valence-electron chi connectivity index (χ0n) is 24.0. The van der Waals surface area contributed by atoms with Crippen LogP contribution < -0.4 is 4.90 Å². The van der Waals surface area contributed by atoms with E-state index in [2.05, 4.69) is 5.16 Å². The van der Waals surface area contributed by atoms with E-state index in [1.807, 2.05) is 55.4 Å². The van der Waals surface area contributed by atoms with Crippen molar-refractivity contribution in [3.8, 4) is 0 Å². The maximum Gasteiger partial charge on any atom is 0.255 e. The van der Waals surface area contributed by atoms with Crippen LogP contribution >= 0.6 is 0 Å². The van der Waals surface area contributed by atoms with E-state index >= 15 is 0 Å². The fourth-order valence-corrected chi connectivity index (χ4v) is 6.76. The van der Waals surface area contributed by atoms with Gasteiger partial charge in [0.15, 0.2) is 35.4 Å². The summed E-state index contributed by atoms with van der Waals surface area (Å²) < 4.78 is 67.0. The third-order valence-corrected chi connectivity index (χ3v) is 8.18. The first kappa shape index (κ1) is 27.4. The molecule has 1 aromatic rings. The van der Waals surface area contributed by atoms with Gasteiger partial charge >= 0.3 is 0 Å². The number of ether oxygens (including phenoxy) is 10. The van der Waals surface area contributed by atoms with Crippen LogP contribution in [0, 0.1) is 5.21 Å². The first-order valence-corrected chi connectivity index (χ1v) is 13.9. The van der Waals surface area contributed by atoms with Gasteiger partial charge in [0.25, 0.3) is 5.69 Å². The van der Waals surface area contributed by atoms with Crippen LogP contribution in [0.25, 0.3) is 0 Å². The molecule has 7 rings (SSSR count). The minimum atomic E-state index is -0.908. The molecule has 0 spiro atoms. The second-order valence-electron chi connectivity index (χ2n) is 13.1. The average Bonchev–Trinajstić information content (AvgIpc) is 3.66. The maximum absolute atomic E-state index is 13.2.